The summed E-state index contributed by atoms with van der Waals surface area (Å²) in [6.45, 7) is 6.77. The van der Waals surface area contributed by atoms with E-state index in [0.717, 1.165) is 0 Å². The van der Waals surface area contributed by atoms with Gasteiger partial charge < -0.3 is 0 Å². The van der Waals surface area contributed by atoms with Crippen molar-refractivity contribution in [1.82, 2.24) is 0 Å². The van der Waals surface area contributed by atoms with Crippen LogP contribution in [0.25, 0.3) is 21.9 Å². The average molecular weight is 260 g/mol. The van der Waals surface area contributed by atoms with Crippen LogP contribution in [0.15, 0.2) is 66.7 Å². The predicted octanol–water partition coefficient (Wildman–Crippen LogP) is 5.80. The lowest BCUT2D eigenvalue weighted by Gasteiger charge is -2.20. The molecule has 0 heterocycles. The molecular weight excluding hydrogens is 240 g/mol. The zero-order valence-corrected chi connectivity index (χ0v) is 12.4. The van der Waals surface area contributed by atoms with Crippen molar-refractivity contribution < 1.29 is 0 Å². The smallest absolute Gasteiger partial charge is 0.0132 e. The van der Waals surface area contributed by atoms with E-state index in [1.165, 1.54) is 27.5 Å². The Bertz CT molecular complexity index is 745. The summed E-state index contributed by atoms with van der Waals surface area (Å²) in [6, 6.07) is 24.1. The summed E-state index contributed by atoms with van der Waals surface area (Å²) in [5, 5.41) is 2.59. The molecule has 0 heteroatoms. The Kier molecular flexibility index (Phi) is 3.10. The lowest BCUT2D eigenvalue weighted by molar-refractivity contribution is 0.590. The van der Waals surface area contributed by atoms with Gasteiger partial charge in [0.1, 0.15) is 0 Å². The minimum Gasteiger partial charge on any atom is -0.0616 e. The fraction of sp³-hybridized carbons (Fsp3) is 0.200. The molecule has 3 rings (SSSR count). The van der Waals surface area contributed by atoms with Crippen LogP contribution in [0.4, 0.5) is 0 Å². The molecule has 0 saturated carbocycles. The Morgan fingerprint density at radius 1 is 0.600 bits per heavy atom. The van der Waals surface area contributed by atoms with Crippen LogP contribution in [0.2, 0.25) is 0 Å². The first-order chi connectivity index (χ1) is 9.54. The maximum absolute atomic E-state index is 2.31. The van der Waals surface area contributed by atoms with E-state index in [1.54, 1.807) is 0 Å². The van der Waals surface area contributed by atoms with Crippen molar-refractivity contribution in [1.29, 1.82) is 0 Å². The van der Waals surface area contributed by atoms with Gasteiger partial charge in [0.25, 0.3) is 0 Å². The molecule has 3 aromatic rings. The first-order valence-corrected chi connectivity index (χ1v) is 7.14. The van der Waals surface area contributed by atoms with Crippen molar-refractivity contribution in [2.24, 2.45) is 0 Å². The quantitative estimate of drug-likeness (QED) is 0.518. The molecule has 0 fully saturated rings. The zero-order chi connectivity index (χ0) is 14.2. The number of fused-ring (bicyclic) bond motifs is 1. The maximum atomic E-state index is 2.31. The maximum Gasteiger partial charge on any atom is -0.0132 e. The Morgan fingerprint density at radius 3 is 2.05 bits per heavy atom. The molecule has 20 heavy (non-hydrogen) atoms. The zero-order valence-electron chi connectivity index (χ0n) is 12.4. The van der Waals surface area contributed by atoms with E-state index in [-0.39, 0.29) is 5.41 Å². The number of benzene rings is 3. The van der Waals surface area contributed by atoms with Crippen LogP contribution >= 0.6 is 0 Å². The van der Waals surface area contributed by atoms with Crippen LogP contribution in [0.1, 0.15) is 26.3 Å². The molecule has 0 aliphatic heterocycles. The standard InChI is InChI=1S/C20H20/c1-20(2,3)19-10-6-9-17(14-19)18-12-11-15-7-4-5-8-16(15)13-18/h4-14H,1-3H3. The summed E-state index contributed by atoms with van der Waals surface area (Å²) < 4.78 is 0. The van der Waals surface area contributed by atoms with Crippen LogP contribution in [-0.2, 0) is 5.41 Å². The van der Waals surface area contributed by atoms with Crippen molar-refractivity contribution in [2.75, 3.05) is 0 Å². The van der Waals surface area contributed by atoms with E-state index < -0.39 is 0 Å². The molecule has 0 saturated heterocycles. The normalized spacial score (nSPS) is 11.8. The molecule has 0 nitrogen and oxygen atoms in total. The van der Waals surface area contributed by atoms with Gasteiger partial charge in [-0.15, -0.1) is 0 Å². The summed E-state index contributed by atoms with van der Waals surface area (Å²) in [7, 11) is 0. The Labute approximate surface area is 121 Å². The SMILES string of the molecule is CC(C)(C)c1cccc(-c2ccc3ccccc3c2)c1. The van der Waals surface area contributed by atoms with Gasteiger partial charge in [-0.05, 0) is 38.9 Å². The van der Waals surface area contributed by atoms with Crippen molar-refractivity contribution in [3.8, 4) is 11.1 Å². The van der Waals surface area contributed by atoms with Gasteiger partial charge in [0, 0.05) is 0 Å². The van der Waals surface area contributed by atoms with Crippen molar-refractivity contribution in [3.05, 3.63) is 72.3 Å². The summed E-state index contributed by atoms with van der Waals surface area (Å²) in [5.41, 5.74) is 4.15. The van der Waals surface area contributed by atoms with E-state index in [1.807, 2.05) is 0 Å². The molecule has 0 amide bonds. The van der Waals surface area contributed by atoms with Crippen molar-refractivity contribution >= 4 is 10.8 Å². The van der Waals surface area contributed by atoms with E-state index in [0.29, 0.717) is 0 Å². The second kappa shape index (κ2) is 4.79. The molecule has 0 radical (unpaired) electrons. The number of hydrogen-bond donors (Lipinski definition) is 0. The van der Waals surface area contributed by atoms with Gasteiger partial charge >= 0.3 is 0 Å². The molecule has 0 bridgehead atoms. The van der Waals surface area contributed by atoms with Crippen LogP contribution in [-0.4, -0.2) is 0 Å². The van der Waals surface area contributed by atoms with Gasteiger partial charge in [-0.2, -0.15) is 0 Å². The minimum absolute atomic E-state index is 0.187. The van der Waals surface area contributed by atoms with Gasteiger partial charge in [-0.25, -0.2) is 0 Å². The third kappa shape index (κ3) is 2.46. The predicted molar refractivity (Wildman–Crippen MR) is 88.1 cm³/mol. The van der Waals surface area contributed by atoms with Crippen molar-refractivity contribution in [2.45, 2.75) is 26.2 Å². The molecule has 0 spiro atoms. The fourth-order valence-corrected chi connectivity index (χ4v) is 2.53. The Morgan fingerprint density at radius 2 is 1.30 bits per heavy atom. The van der Waals surface area contributed by atoms with E-state index in [9.17, 15) is 0 Å². The van der Waals surface area contributed by atoms with E-state index in [4.69, 9.17) is 0 Å². The molecular formula is C20H20. The largest absolute Gasteiger partial charge is 0.0616 e. The lowest BCUT2D eigenvalue weighted by atomic mass is 9.85. The highest BCUT2D eigenvalue weighted by Crippen LogP contribution is 2.29. The summed E-state index contributed by atoms with van der Waals surface area (Å²) in [5.74, 6) is 0. The minimum atomic E-state index is 0.187. The van der Waals surface area contributed by atoms with Gasteiger partial charge in [0.2, 0.25) is 0 Å². The number of rotatable bonds is 1. The van der Waals surface area contributed by atoms with Crippen LogP contribution in [0.5, 0.6) is 0 Å². The van der Waals surface area contributed by atoms with Gasteiger partial charge in [-0.1, -0.05) is 81.4 Å². The molecule has 0 aliphatic rings. The van der Waals surface area contributed by atoms with Crippen molar-refractivity contribution in [3.63, 3.8) is 0 Å². The highest BCUT2D eigenvalue weighted by molar-refractivity contribution is 5.87. The molecule has 0 N–H and O–H groups in total. The third-order valence-electron chi connectivity index (χ3n) is 3.81. The van der Waals surface area contributed by atoms with Crippen LogP contribution in [0.3, 0.4) is 0 Å². The molecule has 3 aromatic carbocycles. The Hall–Kier alpha value is -2.08. The highest BCUT2D eigenvalue weighted by atomic mass is 14.2. The van der Waals surface area contributed by atoms with Gasteiger partial charge in [-0.3, -0.25) is 0 Å². The molecule has 0 aromatic heterocycles. The van der Waals surface area contributed by atoms with Gasteiger partial charge in [0.15, 0.2) is 0 Å². The summed E-state index contributed by atoms with van der Waals surface area (Å²) in [4.78, 5) is 0. The fourth-order valence-electron chi connectivity index (χ4n) is 2.53. The third-order valence-corrected chi connectivity index (χ3v) is 3.81. The first kappa shape index (κ1) is 12.9. The molecule has 0 aliphatic carbocycles. The Balaban J connectivity index is 2.11. The van der Waals surface area contributed by atoms with Gasteiger partial charge in [0.05, 0.1) is 0 Å². The van der Waals surface area contributed by atoms with Crippen LogP contribution < -0.4 is 0 Å². The lowest BCUT2D eigenvalue weighted by Crippen LogP contribution is -2.10. The van der Waals surface area contributed by atoms with E-state index in [2.05, 4.69) is 87.5 Å². The molecule has 0 unspecified atom stereocenters. The summed E-state index contributed by atoms with van der Waals surface area (Å²) in [6.07, 6.45) is 0. The first-order valence-electron chi connectivity index (χ1n) is 7.14. The molecule has 100 valence electrons. The summed E-state index contributed by atoms with van der Waals surface area (Å²) >= 11 is 0. The molecule has 0 atom stereocenters. The van der Waals surface area contributed by atoms with Crippen LogP contribution in [0, 0.1) is 0 Å². The monoisotopic (exact) mass is 260 g/mol. The topological polar surface area (TPSA) is 0 Å². The van der Waals surface area contributed by atoms with E-state index >= 15 is 0 Å². The second-order valence-electron chi connectivity index (χ2n) is 6.39. The second-order valence-corrected chi connectivity index (χ2v) is 6.39. The average Bonchev–Trinajstić information content (AvgIpc) is 2.46. The number of hydrogen-bond acceptors (Lipinski definition) is 0. The highest BCUT2D eigenvalue weighted by Gasteiger charge is 2.13.